The predicted octanol–water partition coefficient (Wildman–Crippen LogP) is 15.5. The minimum absolute atomic E-state index is 0.156. The van der Waals surface area contributed by atoms with Gasteiger partial charge in [-0.2, -0.15) is 0 Å². The smallest absolute Gasteiger partial charge is 0.0346 e. The second-order valence-electron chi connectivity index (χ2n) is 15.7. The maximum Gasteiger partial charge on any atom is 0.0346 e. The van der Waals surface area contributed by atoms with E-state index in [4.69, 9.17) is 0 Å². The molecule has 0 aliphatic rings. The SMILES string of the molecule is CCCCCCCCCCCCCCCC(C)(C)N(/C=C/c1ccccc1)C(C)(C)CCCCCCCCCCCCCCC. The van der Waals surface area contributed by atoms with Crippen molar-refractivity contribution in [3.8, 4) is 0 Å². The topological polar surface area (TPSA) is 3.24 Å². The molecule has 0 aliphatic carbocycles. The van der Waals surface area contributed by atoms with E-state index >= 15 is 0 Å². The zero-order valence-electron chi connectivity index (χ0n) is 31.8. The van der Waals surface area contributed by atoms with Gasteiger partial charge in [-0.1, -0.05) is 211 Å². The van der Waals surface area contributed by atoms with Gasteiger partial charge in [0.1, 0.15) is 0 Å². The Labute approximate surface area is 284 Å². The van der Waals surface area contributed by atoms with Crippen molar-refractivity contribution in [3.05, 3.63) is 42.1 Å². The highest BCUT2D eigenvalue weighted by Gasteiger charge is 2.34. The number of benzene rings is 1. The van der Waals surface area contributed by atoms with Gasteiger partial charge in [0.2, 0.25) is 0 Å². The standard InChI is InChI=1S/C44H81N/c1-7-9-11-13-15-17-19-21-23-25-27-29-34-39-43(3,4)45(41-38-42-36-32-31-33-37-42)44(5,6)40-35-30-28-26-24-22-20-18-16-14-12-10-8-2/h31-33,36-38,41H,7-30,34-35,39-40H2,1-6H3/b41-38+. The fourth-order valence-corrected chi connectivity index (χ4v) is 7.34. The molecule has 0 N–H and O–H groups in total. The van der Waals surface area contributed by atoms with Gasteiger partial charge < -0.3 is 4.90 Å². The van der Waals surface area contributed by atoms with Crippen molar-refractivity contribution in [2.45, 2.75) is 232 Å². The summed E-state index contributed by atoms with van der Waals surface area (Å²) in [5.74, 6) is 0. The summed E-state index contributed by atoms with van der Waals surface area (Å²) in [7, 11) is 0. The van der Waals surface area contributed by atoms with Gasteiger partial charge in [0.05, 0.1) is 0 Å². The minimum Gasteiger partial charge on any atom is -0.367 e. The Bertz CT molecular complexity index is 733. The Hall–Kier alpha value is -1.24. The Morgan fingerprint density at radius 2 is 0.711 bits per heavy atom. The number of hydrogen-bond acceptors (Lipinski definition) is 1. The molecule has 0 amide bonds. The van der Waals surface area contributed by atoms with Crippen LogP contribution in [0.4, 0.5) is 0 Å². The molecule has 0 bridgehead atoms. The monoisotopic (exact) mass is 624 g/mol. The summed E-state index contributed by atoms with van der Waals surface area (Å²) < 4.78 is 0. The molecule has 0 spiro atoms. The Morgan fingerprint density at radius 3 is 1.02 bits per heavy atom. The molecule has 262 valence electrons. The zero-order chi connectivity index (χ0) is 32.9. The summed E-state index contributed by atoms with van der Waals surface area (Å²) in [6.45, 7) is 14.6. The first-order valence-corrected chi connectivity index (χ1v) is 20.4. The van der Waals surface area contributed by atoms with Crippen LogP contribution in [-0.2, 0) is 0 Å². The van der Waals surface area contributed by atoms with E-state index in [1.165, 1.54) is 185 Å². The van der Waals surface area contributed by atoms with Gasteiger partial charge in [0.25, 0.3) is 0 Å². The van der Waals surface area contributed by atoms with Crippen LogP contribution in [0.15, 0.2) is 36.5 Å². The van der Waals surface area contributed by atoms with Crippen LogP contribution >= 0.6 is 0 Å². The van der Waals surface area contributed by atoms with Crippen molar-refractivity contribution in [1.29, 1.82) is 0 Å². The van der Waals surface area contributed by atoms with Crippen molar-refractivity contribution in [1.82, 2.24) is 4.90 Å². The summed E-state index contributed by atoms with van der Waals surface area (Å²) >= 11 is 0. The van der Waals surface area contributed by atoms with E-state index in [1.54, 1.807) is 0 Å². The highest BCUT2D eigenvalue weighted by atomic mass is 15.2. The van der Waals surface area contributed by atoms with Crippen LogP contribution in [-0.4, -0.2) is 16.0 Å². The fourth-order valence-electron chi connectivity index (χ4n) is 7.34. The van der Waals surface area contributed by atoms with Crippen molar-refractivity contribution in [3.63, 3.8) is 0 Å². The second kappa shape index (κ2) is 27.8. The number of rotatable bonds is 32. The van der Waals surface area contributed by atoms with E-state index in [0.717, 1.165) is 0 Å². The van der Waals surface area contributed by atoms with E-state index in [2.05, 4.69) is 89.1 Å². The van der Waals surface area contributed by atoms with Crippen LogP contribution in [0, 0.1) is 0 Å². The second-order valence-corrected chi connectivity index (χ2v) is 15.7. The molecule has 0 aromatic heterocycles. The minimum atomic E-state index is 0.156. The Morgan fingerprint density at radius 1 is 0.422 bits per heavy atom. The largest absolute Gasteiger partial charge is 0.367 e. The quantitative estimate of drug-likeness (QED) is 0.0722. The van der Waals surface area contributed by atoms with E-state index in [0.29, 0.717) is 0 Å². The van der Waals surface area contributed by atoms with Gasteiger partial charge in [-0.15, -0.1) is 0 Å². The molecule has 0 unspecified atom stereocenters. The third-order valence-electron chi connectivity index (χ3n) is 10.3. The molecule has 0 radical (unpaired) electrons. The summed E-state index contributed by atoms with van der Waals surface area (Å²) in [5, 5.41) is 0. The molecule has 0 atom stereocenters. The molecule has 0 aliphatic heterocycles. The molecular weight excluding hydrogens is 542 g/mol. The third-order valence-corrected chi connectivity index (χ3v) is 10.3. The Balaban J connectivity index is 2.40. The number of hydrogen-bond donors (Lipinski definition) is 0. The predicted molar refractivity (Wildman–Crippen MR) is 206 cm³/mol. The molecule has 45 heavy (non-hydrogen) atoms. The first-order valence-electron chi connectivity index (χ1n) is 20.4. The first kappa shape index (κ1) is 41.8. The number of nitrogens with zero attached hydrogens (tertiary/aromatic N) is 1. The van der Waals surface area contributed by atoms with Gasteiger partial charge in [0.15, 0.2) is 0 Å². The summed E-state index contributed by atoms with van der Waals surface area (Å²) in [4.78, 5) is 2.73. The van der Waals surface area contributed by atoms with E-state index in [1.807, 2.05) is 0 Å². The summed E-state index contributed by atoms with van der Waals surface area (Å²) in [6.07, 6.45) is 44.3. The normalized spacial score (nSPS) is 12.4. The molecule has 0 fully saturated rings. The van der Waals surface area contributed by atoms with Gasteiger partial charge in [-0.05, 0) is 52.2 Å². The van der Waals surface area contributed by atoms with Crippen molar-refractivity contribution < 1.29 is 0 Å². The molecular formula is C44H81N. The fraction of sp³-hybridized carbons (Fsp3) is 0.818. The molecule has 1 nitrogen and oxygen atoms in total. The molecule has 0 saturated carbocycles. The van der Waals surface area contributed by atoms with Crippen molar-refractivity contribution >= 4 is 6.08 Å². The summed E-state index contributed by atoms with van der Waals surface area (Å²) in [5.41, 5.74) is 1.61. The average molecular weight is 624 g/mol. The number of unbranched alkanes of at least 4 members (excludes halogenated alkanes) is 24. The third kappa shape index (κ3) is 22.8. The van der Waals surface area contributed by atoms with Gasteiger partial charge in [-0.25, -0.2) is 0 Å². The van der Waals surface area contributed by atoms with E-state index in [9.17, 15) is 0 Å². The van der Waals surface area contributed by atoms with Gasteiger partial charge in [0, 0.05) is 17.3 Å². The van der Waals surface area contributed by atoms with Crippen molar-refractivity contribution in [2.75, 3.05) is 0 Å². The first-order chi connectivity index (χ1) is 21.8. The molecule has 1 rings (SSSR count). The van der Waals surface area contributed by atoms with Crippen molar-refractivity contribution in [2.24, 2.45) is 0 Å². The van der Waals surface area contributed by atoms with Crippen LogP contribution in [0.3, 0.4) is 0 Å². The lowest BCUT2D eigenvalue weighted by atomic mass is 9.86. The van der Waals surface area contributed by atoms with Crippen LogP contribution in [0.2, 0.25) is 0 Å². The average Bonchev–Trinajstić information content (AvgIpc) is 3.02. The Kier molecular flexibility index (Phi) is 25.8. The maximum absolute atomic E-state index is 2.73. The lowest BCUT2D eigenvalue weighted by Crippen LogP contribution is -2.52. The lowest BCUT2D eigenvalue weighted by Gasteiger charge is -2.49. The molecule has 1 aromatic rings. The molecule has 0 heterocycles. The van der Waals surface area contributed by atoms with E-state index in [-0.39, 0.29) is 11.1 Å². The maximum atomic E-state index is 2.73. The molecule has 1 aromatic carbocycles. The zero-order valence-corrected chi connectivity index (χ0v) is 31.8. The highest BCUT2D eigenvalue weighted by molar-refractivity contribution is 5.48. The van der Waals surface area contributed by atoms with Crippen LogP contribution in [0.25, 0.3) is 6.08 Å². The van der Waals surface area contributed by atoms with Crippen LogP contribution < -0.4 is 0 Å². The highest BCUT2D eigenvalue weighted by Crippen LogP contribution is 2.34. The molecule has 0 saturated heterocycles. The molecule has 1 heteroatoms. The van der Waals surface area contributed by atoms with Gasteiger partial charge in [-0.3, -0.25) is 0 Å². The van der Waals surface area contributed by atoms with Gasteiger partial charge >= 0.3 is 0 Å². The van der Waals surface area contributed by atoms with E-state index < -0.39 is 0 Å². The lowest BCUT2D eigenvalue weighted by molar-refractivity contribution is 0.0540. The van der Waals surface area contributed by atoms with Crippen LogP contribution in [0.1, 0.15) is 227 Å². The van der Waals surface area contributed by atoms with Crippen LogP contribution in [0.5, 0.6) is 0 Å². The summed E-state index contributed by atoms with van der Waals surface area (Å²) in [6, 6.07) is 10.9.